The van der Waals surface area contributed by atoms with Crippen molar-refractivity contribution in [2.75, 3.05) is 66.4 Å². The second-order valence-corrected chi connectivity index (χ2v) is 14.8. The number of piperazine rings is 1. The molecule has 3 aliphatic heterocycles. The van der Waals surface area contributed by atoms with Crippen molar-refractivity contribution in [1.29, 1.82) is 0 Å². The molecule has 0 bridgehead atoms. The van der Waals surface area contributed by atoms with E-state index in [2.05, 4.69) is 4.90 Å². The Balaban J connectivity index is 1.05. The normalized spacial score (nSPS) is 18.9. The van der Waals surface area contributed by atoms with Crippen LogP contribution in [0.1, 0.15) is 23.5 Å². The van der Waals surface area contributed by atoms with E-state index < -0.39 is 28.8 Å². The van der Waals surface area contributed by atoms with Gasteiger partial charge in [-0.1, -0.05) is 18.2 Å². The van der Waals surface area contributed by atoms with Crippen molar-refractivity contribution in [1.82, 2.24) is 14.1 Å². The SMILES string of the molecule is COc1ccc(S(=O)(=O)N(CCO)CCO[C@@H]2C[C@H](c3coc4ccccc4c3=O)C=C(C(=O)N3CCN(Cc4ccc5c(c4)OCO5)CC3)O2)cc1. The summed E-state index contributed by atoms with van der Waals surface area (Å²) in [5, 5.41) is 10.1. The number of aliphatic hydroxyl groups is 1. The Hall–Kier alpha value is -4.93. The molecular formula is C38H41N3O11S. The molecule has 1 aromatic heterocycles. The average molecular weight is 748 g/mol. The molecule has 3 aromatic carbocycles. The number of allylic oxidation sites excluding steroid dienone is 1. The highest BCUT2D eigenvalue weighted by Gasteiger charge is 2.34. The molecule has 0 saturated carbocycles. The number of hydrogen-bond acceptors (Lipinski definition) is 12. The predicted octanol–water partition coefficient (Wildman–Crippen LogP) is 3.29. The van der Waals surface area contributed by atoms with Crippen LogP contribution in [0.4, 0.5) is 0 Å². The van der Waals surface area contributed by atoms with Gasteiger partial charge in [0.1, 0.15) is 11.3 Å². The number of methoxy groups -OCH3 is 1. The van der Waals surface area contributed by atoms with E-state index in [4.69, 9.17) is 28.1 Å². The van der Waals surface area contributed by atoms with Crippen molar-refractivity contribution in [3.8, 4) is 17.2 Å². The standard InChI is InChI=1S/C38H41N3O11S/c1-47-28-7-9-29(10-8-28)53(45,46)41(16-18-42)17-19-48-36-22-27(31-24-49-32-5-3-2-4-30(32)37(31)43)21-35(52-36)38(44)40-14-12-39(13-15-40)23-26-6-11-33-34(20-26)51-25-50-33/h2-11,20-21,24,27,36,42H,12-19,22-23,25H2,1H3/t27-,36+/m1/s1. The summed E-state index contributed by atoms with van der Waals surface area (Å²) in [5.74, 6) is 1.09. The number of amides is 1. The zero-order valence-corrected chi connectivity index (χ0v) is 30.0. The number of carbonyl (C=O) groups excluding carboxylic acids is 1. The van der Waals surface area contributed by atoms with Gasteiger partial charge in [0.2, 0.25) is 23.1 Å². The Kier molecular flexibility index (Phi) is 11.0. The maximum absolute atomic E-state index is 14.0. The van der Waals surface area contributed by atoms with Gasteiger partial charge in [0, 0.05) is 63.7 Å². The maximum atomic E-state index is 14.0. The molecule has 1 saturated heterocycles. The van der Waals surface area contributed by atoms with Crippen LogP contribution >= 0.6 is 0 Å². The molecule has 4 heterocycles. The van der Waals surface area contributed by atoms with Crippen molar-refractivity contribution in [2.45, 2.75) is 30.1 Å². The first kappa shape index (κ1) is 36.4. The molecule has 4 aromatic rings. The van der Waals surface area contributed by atoms with Crippen LogP contribution < -0.4 is 19.6 Å². The van der Waals surface area contributed by atoms with E-state index in [0.29, 0.717) is 55.0 Å². The minimum Gasteiger partial charge on any atom is -0.497 e. The Morgan fingerprint density at radius 3 is 2.53 bits per heavy atom. The lowest BCUT2D eigenvalue weighted by Gasteiger charge is -2.36. The fourth-order valence-corrected chi connectivity index (χ4v) is 8.10. The van der Waals surface area contributed by atoms with E-state index in [-0.39, 0.29) is 54.9 Å². The molecule has 0 aliphatic carbocycles. The molecule has 0 radical (unpaired) electrons. The lowest BCUT2D eigenvalue weighted by atomic mass is 9.93. The van der Waals surface area contributed by atoms with Crippen molar-refractivity contribution in [3.63, 3.8) is 0 Å². The fraction of sp³-hybridized carbons (Fsp3) is 0.368. The number of rotatable bonds is 13. The Labute approximate surface area is 306 Å². The van der Waals surface area contributed by atoms with Gasteiger partial charge in [-0.3, -0.25) is 14.5 Å². The van der Waals surface area contributed by atoms with Crippen LogP contribution in [-0.2, 0) is 30.8 Å². The third-order valence-electron chi connectivity index (χ3n) is 9.57. The predicted molar refractivity (Wildman–Crippen MR) is 192 cm³/mol. The molecule has 0 unspecified atom stereocenters. The molecule has 53 heavy (non-hydrogen) atoms. The number of aliphatic hydroxyl groups excluding tert-OH is 1. The molecular weight excluding hydrogens is 706 g/mol. The molecule has 14 nitrogen and oxygen atoms in total. The fourth-order valence-electron chi connectivity index (χ4n) is 6.69. The van der Waals surface area contributed by atoms with Gasteiger partial charge < -0.3 is 38.1 Å². The average Bonchev–Trinajstić information content (AvgIpc) is 3.66. The first-order chi connectivity index (χ1) is 25.7. The monoisotopic (exact) mass is 747 g/mol. The third kappa shape index (κ3) is 8.04. The van der Waals surface area contributed by atoms with E-state index in [1.807, 2.05) is 18.2 Å². The minimum atomic E-state index is -3.98. The molecule has 280 valence electrons. The quantitative estimate of drug-likeness (QED) is 0.213. The second-order valence-electron chi connectivity index (χ2n) is 12.9. The highest BCUT2D eigenvalue weighted by atomic mass is 32.2. The van der Waals surface area contributed by atoms with Gasteiger partial charge in [0.15, 0.2) is 22.7 Å². The van der Waals surface area contributed by atoms with Gasteiger partial charge in [-0.05, 0) is 60.2 Å². The van der Waals surface area contributed by atoms with Crippen LogP contribution in [0.2, 0.25) is 0 Å². The summed E-state index contributed by atoms with van der Waals surface area (Å²) in [5.41, 5.74) is 1.65. The van der Waals surface area contributed by atoms with Crippen LogP contribution in [0.3, 0.4) is 0 Å². The summed E-state index contributed by atoms with van der Waals surface area (Å²) in [6.07, 6.45) is 2.25. The van der Waals surface area contributed by atoms with Crippen LogP contribution in [0, 0.1) is 0 Å². The topological polar surface area (TPSA) is 158 Å². The van der Waals surface area contributed by atoms with E-state index in [0.717, 1.165) is 21.4 Å². The number of carbonyl (C=O) groups is 1. The number of para-hydroxylation sites is 1. The van der Waals surface area contributed by atoms with Gasteiger partial charge in [0.25, 0.3) is 5.91 Å². The largest absolute Gasteiger partial charge is 0.497 e. The zero-order chi connectivity index (χ0) is 37.0. The highest BCUT2D eigenvalue weighted by Crippen LogP contribution is 2.34. The molecule has 0 spiro atoms. The van der Waals surface area contributed by atoms with E-state index >= 15 is 0 Å². The Morgan fingerprint density at radius 1 is 0.981 bits per heavy atom. The summed E-state index contributed by atoms with van der Waals surface area (Å²) in [6.45, 7) is 2.31. The van der Waals surface area contributed by atoms with Crippen LogP contribution in [-0.4, -0.2) is 106 Å². The van der Waals surface area contributed by atoms with Crippen molar-refractivity contribution < 1.29 is 46.4 Å². The third-order valence-corrected chi connectivity index (χ3v) is 11.5. The summed E-state index contributed by atoms with van der Waals surface area (Å²) in [4.78, 5) is 31.6. The number of ether oxygens (including phenoxy) is 5. The first-order valence-corrected chi connectivity index (χ1v) is 18.8. The van der Waals surface area contributed by atoms with Gasteiger partial charge in [-0.2, -0.15) is 4.31 Å². The van der Waals surface area contributed by atoms with Gasteiger partial charge in [-0.15, -0.1) is 0 Å². The summed E-state index contributed by atoms with van der Waals surface area (Å²) in [6, 6.07) is 18.8. The summed E-state index contributed by atoms with van der Waals surface area (Å²) >= 11 is 0. The summed E-state index contributed by atoms with van der Waals surface area (Å²) < 4.78 is 62.1. The van der Waals surface area contributed by atoms with Crippen molar-refractivity contribution in [3.05, 3.63) is 106 Å². The molecule has 3 aliphatic rings. The number of sulfonamides is 1. The highest BCUT2D eigenvalue weighted by molar-refractivity contribution is 7.89. The number of hydrogen-bond donors (Lipinski definition) is 1. The molecule has 7 rings (SSSR count). The molecule has 15 heteroatoms. The van der Waals surface area contributed by atoms with Crippen molar-refractivity contribution in [2.24, 2.45) is 0 Å². The molecule has 1 N–H and O–H groups in total. The number of fused-ring (bicyclic) bond motifs is 2. The minimum absolute atomic E-state index is 0.0376. The van der Waals surface area contributed by atoms with Gasteiger partial charge in [0.05, 0.1) is 36.9 Å². The van der Waals surface area contributed by atoms with Crippen LogP contribution in [0.15, 0.2) is 98.9 Å². The van der Waals surface area contributed by atoms with Gasteiger partial charge in [-0.25, -0.2) is 8.42 Å². The second kappa shape index (κ2) is 16.0. The zero-order valence-electron chi connectivity index (χ0n) is 29.2. The van der Waals surface area contributed by atoms with Crippen LogP contribution in [0.25, 0.3) is 11.0 Å². The molecule has 1 amide bonds. The van der Waals surface area contributed by atoms with Crippen LogP contribution in [0.5, 0.6) is 17.2 Å². The van der Waals surface area contributed by atoms with E-state index in [1.165, 1.54) is 25.5 Å². The first-order valence-electron chi connectivity index (χ1n) is 17.4. The Bertz CT molecular complexity index is 2130. The van der Waals surface area contributed by atoms with E-state index in [1.54, 1.807) is 47.4 Å². The summed E-state index contributed by atoms with van der Waals surface area (Å²) in [7, 11) is -2.49. The molecule has 2 atom stereocenters. The number of nitrogens with zero attached hydrogens (tertiary/aromatic N) is 3. The Morgan fingerprint density at radius 2 is 1.75 bits per heavy atom. The van der Waals surface area contributed by atoms with Gasteiger partial charge >= 0.3 is 0 Å². The maximum Gasteiger partial charge on any atom is 0.288 e. The van der Waals surface area contributed by atoms with Crippen molar-refractivity contribution >= 4 is 26.9 Å². The number of benzene rings is 3. The smallest absolute Gasteiger partial charge is 0.288 e. The lowest BCUT2D eigenvalue weighted by Crippen LogP contribution is -2.49. The van der Waals surface area contributed by atoms with E-state index in [9.17, 15) is 23.1 Å². The lowest BCUT2D eigenvalue weighted by molar-refractivity contribution is -0.154. The molecule has 1 fully saturated rings.